The Morgan fingerprint density at radius 1 is 1.10 bits per heavy atom. The number of amides is 1. The van der Waals surface area contributed by atoms with Gasteiger partial charge in [-0.25, -0.2) is 0 Å². The molecular formula is C17H19BrN2O. The van der Waals surface area contributed by atoms with Crippen LogP contribution in [0.4, 0.5) is 5.69 Å². The Balaban J connectivity index is 1.83. The minimum Gasteiger partial charge on any atom is -0.325 e. The zero-order valence-electron chi connectivity index (χ0n) is 12.2. The minimum atomic E-state index is -0.0391. The minimum absolute atomic E-state index is 0.0391. The summed E-state index contributed by atoms with van der Waals surface area (Å²) in [7, 11) is 0. The van der Waals surface area contributed by atoms with Crippen LogP contribution >= 0.6 is 15.9 Å². The lowest BCUT2D eigenvalue weighted by molar-refractivity contribution is -0.115. The van der Waals surface area contributed by atoms with Gasteiger partial charge in [-0.05, 0) is 43.7 Å². The fourth-order valence-corrected chi connectivity index (χ4v) is 2.22. The summed E-state index contributed by atoms with van der Waals surface area (Å²) in [5.41, 5.74) is 3.15. The van der Waals surface area contributed by atoms with Crippen LogP contribution in [0, 0.1) is 6.92 Å². The lowest BCUT2D eigenvalue weighted by Crippen LogP contribution is -2.30. The van der Waals surface area contributed by atoms with Gasteiger partial charge in [0.05, 0.1) is 6.54 Å². The fraction of sp³-hybridized carbons (Fsp3) is 0.235. The Bertz CT molecular complexity index is 593. The SMILES string of the molecule is Cc1ccc(NC(=O)CN[C@@H](C)c2ccc(Br)cc2)cc1. The summed E-state index contributed by atoms with van der Waals surface area (Å²) in [6.45, 7) is 4.35. The standard InChI is InChI=1S/C17H19BrN2O/c1-12-3-9-16(10-4-12)20-17(21)11-19-13(2)14-5-7-15(18)8-6-14/h3-10,13,19H,11H2,1-2H3,(H,20,21)/t13-/m0/s1. The highest BCUT2D eigenvalue weighted by Gasteiger charge is 2.07. The van der Waals surface area contributed by atoms with Gasteiger partial charge in [-0.2, -0.15) is 0 Å². The topological polar surface area (TPSA) is 41.1 Å². The first-order valence-corrected chi connectivity index (χ1v) is 7.69. The zero-order valence-corrected chi connectivity index (χ0v) is 13.8. The second-order valence-corrected chi connectivity index (χ2v) is 5.98. The van der Waals surface area contributed by atoms with Crippen LogP contribution in [0.15, 0.2) is 53.0 Å². The first-order valence-electron chi connectivity index (χ1n) is 6.90. The summed E-state index contributed by atoms with van der Waals surface area (Å²) in [5, 5.41) is 6.10. The Kier molecular flexibility index (Phi) is 5.53. The van der Waals surface area contributed by atoms with E-state index in [1.807, 2.05) is 62.4 Å². The number of carbonyl (C=O) groups is 1. The normalized spacial score (nSPS) is 12.0. The monoisotopic (exact) mass is 346 g/mol. The van der Waals surface area contributed by atoms with Gasteiger partial charge in [-0.3, -0.25) is 4.79 Å². The van der Waals surface area contributed by atoms with E-state index >= 15 is 0 Å². The van der Waals surface area contributed by atoms with Crippen LogP contribution in [0.5, 0.6) is 0 Å². The van der Waals surface area contributed by atoms with Gasteiger partial charge in [0.1, 0.15) is 0 Å². The van der Waals surface area contributed by atoms with Gasteiger partial charge in [0, 0.05) is 16.2 Å². The van der Waals surface area contributed by atoms with Crippen molar-refractivity contribution in [2.45, 2.75) is 19.9 Å². The molecule has 2 aromatic carbocycles. The molecule has 0 heterocycles. The zero-order chi connectivity index (χ0) is 15.2. The highest BCUT2D eigenvalue weighted by atomic mass is 79.9. The Hall–Kier alpha value is -1.65. The van der Waals surface area contributed by atoms with E-state index in [2.05, 4.69) is 26.6 Å². The molecule has 0 spiro atoms. The number of benzene rings is 2. The Morgan fingerprint density at radius 3 is 2.33 bits per heavy atom. The predicted molar refractivity (Wildman–Crippen MR) is 90.4 cm³/mol. The molecule has 2 rings (SSSR count). The third-order valence-electron chi connectivity index (χ3n) is 3.27. The number of hydrogen-bond acceptors (Lipinski definition) is 2. The molecule has 0 aliphatic carbocycles. The van der Waals surface area contributed by atoms with Crippen LogP contribution in [0.1, 0.15) is 24.1 Å². The highest BCUT2D eigenvalue weighted by molar-refractivity contribution is 9.10. The molecule has 1 amide bonds. The van der Waals surface area contributed by atoms with Crippen molar-refractivity contribution in [3.63, 3.8) is 0 Å². The quantitative estimate of drug-likeness (QED) is 0.857. The van der Waals surface area contributed by atoms with E-state index in [4.69, 9.17) is 0 Å². The maximum Gasteiger partial charge on any atom is 0.238 e. The second-order valence-electron chi connectivity index (χ2n) is 5.07. The average Bonchev–Trinajstić information content (AvgIpc) is 2.48. The number of rotatable bonds is 5. The van der Waals surface area contributed by atoms with E-state index in [1.54, 1.807) is 0 Å². The van der Waals surface area contributed by atoms with E-state index in [1.165, 1.54) is 5.56 Å². The smallest absolute Gasteiger partial charge is 0.238 e. The number of aryl methyl sites for hydroxylation is 1. The molecule has 0 unspecified atom stereocenters. The van der Waals surface area contributed by atoms with Crippen molar-refractivity contribution >= 4 is 27.5 Å². The molecule has 4 heteroatoms. The van der Waals surface area contributed by atoms with Gasteiger partial charge >= 0.3 is 0 Å². The molecule has 21 heavy (non-hydrogen) atoms. The number of hydrogen-bond donors (Lipinski definition) is 2. The van der Waals surface area contributed by atoms with Crippen molar-refractivity contribution in [3.8, 4) is 0 Å². The highest BCUT2D eigenvalue weighted by Crippen LogP contribution is 2.16. The van der Waals surface area contributed by atoms with Gasteiger partial charge < -0.3 is 10.6 Å². The molecule has 2 aromatic rings. The number of carbonyl (C=O) groups excluding carboxylic acids is 1. The molecule has 0 bridgehead atoms. The molecule has 0 aromatic heterocycles. The van der Waals surface area contributed by atoms with Crippen molar-refractivity contribution in [2.24, 2.45) is 0 Å². The molecule has 0 fully saturated rings. The maximum absolute atomic E-state index is 11.9. The summed E-state index contributed by atoms with van der Waals surface area (Å²) in [5.74, 6) is -0.0391. The van der Waals surface area contributed by atoms with Crippen LogP contribution in [0.3, 0.4) is 0 Å². The van der Waals surface area contributed by atoms with Crippen LogP contribution in [0.2, 0.25) is 0 Å². The molecule has 0 saturated heterocycles. The number of halogens is 1. The van der Waals surface area contributed by atoms with Crippen LogP contribution in [-0.2, 0) is 4.79 Å². The molecule has 3 nitrogen and oxygen atoms in total. The van der Waals surface area contributed by atoms with Gasteiger partial charge in [-0.1, -0.05) is 45.8 Å². The summed E-state index contributed by atoms with van der Waals surface area (Å²) in [6.07, 6.45) is 0. The maximum atomic E-state index is 11.9. The van der Waals surface area contributed by atoms with Gasteiger partial charge in [0.2, 0.25) is 5.91 Å². The summed E-state index contributed by atoms with van der Waals surface area (Å²) in [6, 6.07) is 16.0. The van der Waals surface area contributed by atoms with E-state index in [0.717, 1.165) is 15.7 Å². The summed E-state index contributed by atoms with van der Waals surface area (Å²) < 4.78 is 1.05. The lowest BCUT2D eigenvalue weighted by atomic mass is 10.1. The van der Waals surface area contributed by atoms with Crippen molar-refractivity contribution < 1.29 is 4.79 Å². The Morgan fingerprint density at radius 2 is 1.71 bits per heavy atom. The first-order chi connectivity index (χ1) is 10.0. The first kappa shape index (κ1) is 15.7. The molecule has 1 atom stereocenters. The molecule has 2 N–H and O–H groups in total. The van der Waals surface area contributed by atoms with Crippen molar-refractivity contribution in [3.05, 3.63) is 64.1 Å². The Labute approximate surface area is 133 Å². The third kappa shape index (κ3) is 4.99. The molecule has 0 aliphatic rings. The lowest BCUT2D eigenvalue weighted by Gasteiger charge is -2.14. The molecule has 0 saturated carbocycles. The van der Waals surface area contributed by atoms with Crippen LogP contribution in [0.25, 0.3) is 0 Å². The largest absolute Gasteiger partial charge is 0.325 e. The van der Waals surface area contributed by atoms with Crippen molar-refractivity contribution in [2.75, 3.05) is 11.9 Å². The third-order valence-corrected chi connectivity index (χ3v) is 3.80. The van der Waals surface area contributed by atoms with E-state index in [-0.39, 0.29) is 18.5 Å². The molecular weight excluding hydrogens is 328 g/mol. The van der Waals surface area contributed by atoms with Crippen molar-refractivity contribution in [1.82, 2.24) is 5.32 Å². The summed E-state index contributed by atoms with van der Waals surface area (Å²) in [4.78, 5) is 11.9. The van der Waals surface area contributed by atoms with Crippen LogP contribution in [-0.4, -0.2) is 12.5 Å². The molecule has 0 radical (unpaired) electrons. The van der Waals surface area contributed by atoms with Crippen molar-refractivity contribution in [1.29, 1.82) is 0 Å². The number of nitrogens with one attached hydrogen (secondary N) is 2. The van der Waals surface area contributed by atoms with E-state index < -0.39 is 0 Å². The summed E-state index contributed by atoms with van der Waals surface area (Å²) >= 11 is 3.41. The average molecular weight is 347 g/mol. The van der Waals surface area contributed by atoms with Gasteiger partial charge in [-0.15, -0.1) is 0 Å². The second kappa shape index (κ2) is 7.38. The van der Waals surface area contributed by atoms with Gasteiger partial charge in [0.15, 0.2) is 0 Å². The fourth-order valence-electron chi connectivity index (χ4n) is 1.96. The predicted octanol–water partition coefficient (Wildman–Crippen LogP) is 4.05. The molecule has 110 valence electrons. The number of anilines is 1. The van der Waals surface area contributed by atoms with E-state index in [9.17, 15) is 4.79 Å². The van der Waals surface area contributed by atoms with E-state index in [0.29, 0.717) is 0 Å². The van der Waals surface area contributed by atoms with Crippen LogP contribution < -0.4 is 10.6 Å². The van der Waals surface area contributed by atoms with Gasteiger partial charge in [0.25, 0.3) is 0 Å². The molecule has 0 aliphatic heterocycles.